The minimum Gasteiger partial charge on any atom is -0.468 e. The summed E-state index contributed by atoms with van der Waals surface area (Å²) in [5.41, 5.74) is 1.41. The fourth-order valence-electron chi connectivity index (χ4n) is 0.920. The van der Waals surface area contributed by atoms with E-state index in [-0.39, 0.29) is 12.0 Å². The van der Waals surface area contributed by atoms with Crippen LogP contribution in [-0.2, 0) is 16.1 Å². The lowest BCUT2D eigenvalue weighted by Crippen LogP contribution is -2.34. The molecule has 0 saturated heterocycles. The van der Waals surface area contributed by atoms with E-state index in [0.717, 1.165) is 5.69 Å². The second kappa shape index (κ2) is 4.71. The van der Waals surface area contributed by atoms with Gasteiger partial charge in [0, 0.05) is 6.54 Å². The Labute approximate surface area is 81.6 Å². The minimum atomic E-state index is -0.365. The van der Waals surface area contributed by atoms with Crippen LogP contribution in [0.25, 0.3) is 0 Å². The molecule has 14 heavy (non-hydrogen) atoms. The highest BCUT2D eigenvalue weighted by Gasteiger charge is 2.13. The van der Waals surface area contributed by atoms with Crippen LogP contribution in [-0.4, -0.2) is 29.4 Å². The molecule has 6 nitrogen and oxygen atoms in total. The van der Waals surface area contributed by atoms with Crippen LogP contribution >= 0.6 is 0 Å². The van der Waals surface area contributed by atoms with E-state index in [9.17, 15) is 4.79 Å². The number of carbonyl (C=O) groups is 1. The van der Waals surface area contributed by atoms with Crippen molar-refractivity contribution in [1.82, 2.24) is 15.6 Å². The van der Waals surface area contributed by atoms with Crippen LogP contribution in [0.1, 0.15) is 18.3 Å². The molecule has 0 aliphatic carbocycles. The highest BCUT2D eigenvalue weighted by atomic mass is 16.6. The second-order valence-electron chi connectivity index (χ2n) is 2.92. The number of carbonyl (C=O) groups excluding carboxylic acids is 1. The zero-order valence-corrected chi connectivity index (χ0v) is 8.40. The van der Waals surface area contributed by atoms with E-state index >= 15 is 0 Å². The monoisotopic (exact) mass is 199 g/mol. The van der Waals surface area contributed by atoms with Gasteiger partial charge in [0.1, 0.15) is 17.4 Å². The number of rotatable bonds is 4. The first kappa shape index (κ1) is 10.6. The fourth-order valence-corrected chi connectivity index (χ4v) is 0.920. The van der Waals surface area contributed by atoms with Crippen molar-refractivity contribution in [3.05, 3.63) is 11.4 Å². The van der Waals surface area contributed by atoms with Crippen LogP contribution in [0.15, 0.2) is 4.63 Å². The van der Waals surface area contributed by atoms with Crippen molar-refractivity contribution in [1.29, 1.82) is 0 Å². The Morgan fingerprint density at radius 1 is 1.64 bits per heavy atom. The molecule has 6 heteroatoms. The van der Waals surface area contributed by atoms with E-state index in [2.05, 4.69) is 25.0 Å². The average molecular weight is 199 g/mol. The van der Waals surface area contributed by atoms with Crippen molar-refractivity contribution in [2.24, 2.45) is 0 Å². The molecule has 0 saturated carbocycles. The third-order valence-corrected chi connectivity index (χ3v) is 1.88. The zero-order chi connectivity index (χ0) is 10.6. The van der Waals surface area contributed by atoms with Gasteiger partial charge in [-0.15, -0.1) is 0 Å². The number of hydrogen-bond donors (Lipinski definition) is 1. The van der Waals surface area contributed by atoms with Gasteiger partial charge in [-0.2, -0.15) is 0 Å². The molecule has 0 spiro atoms. The van der Waals surface area contributed by atoms with Crippen molar-refractivity contribution in [2.45, 2.75) is 26.4 Å². The SMILES string of the molecule is COC(=O)C(C)NCc1nonc1C. The Morgan fingerprint density at radius 3 is 2.86 bits per heavy atom. The summed E-state index contributed by atoms with van der Waals surface area (Å²) in [5.74, 6) is -0.306. The van der Waals surface area contributed by atoms with Gasteiger partial charge < -0.3 is 4.74 Å². The van der Waals surface area contributed by atoms with Crippen LogP contribution in [0.3, 0.4) is 0 Å². The molecule has 1 rings (SSSR count). The molecule has 0 fully saturated rings. The molecular formula is C8H13N3O3. The lowest BCUT2D eigenvalue weighted by atomic mass is 10.3. The Bertz CT molecular complexity index is 311. The van der Waals surface area contributed by atoms with Gasteiger partial charge in [-0.25, -0.2) is 4.63 Å². The lowest BCUT2D eigenvalue weighted by molar-refractivity contribution is -0.142. The van der Waals surface area contributed by atoms with E-state index in [0.29, 0.717) is 12.2 Å². The number of aryl methyl sites for hydroxylation is 1. The molecule has 0 aliphatic rings. The van der Waals surface area contributed by atoms with Crippen LogP contribution in [0.2, 0.25) is 0 Å². The molecule has 0 aliphatic heterocycles. The van der Waals surface area contributed by atoms with Gasteiger partial charge in [0.2, 0.25) is 0 Å². The first-order valence-electron chi connectivity index (χ1n) is 4.24. The van der Waals surface area contributed by atoms with Gasteiger partial charge in [-0.1, -0.05) is 10.3 Å². The van der Waals surface area contributed by atoms with E-state index in [1.165, 1.54) is 7.11 Å². The molecular weight excluding hydrogens is 186 g/mol. The number of hydrogen-bond acceptors (Lipinski definition) is 6. The molecule has 1 heterocycles. The van der Waals surface area contributed by atoms with Crippen LogP contribution in [0, 0.1) is 6.92 Å². The lowest BCUT2D eigenvalue weighted by Gasteiger charge is -2.09. The summed E-state index contributed by atoms with van der Waals surface area (Å²) in [4.78, 5) is 11.0. The number of nitrogens with one attached hydrogen (secondary N) is 1. The number of ether oxygens (including phenoxy) is 1. The van der Waals surface area contributed by atoms with E-state index in [1.54, 1.807) is 13.8 Å². The minimum absolute atomic E-state index is 0.306. The van der Waals surface area contributed by atoms with Gasteiger partial charge in [0.25, 0.3) is 0 Å². The summed E-state index contributed by atoms with van der Waals surface area (Å²) in [5, 5.41) is 10.2. The molecule has 1 aromatic rings. The molecule has 1 aromatic heterocycles. The average Bonchev–Trinajstić information content (AvgIpc) is 2.59. The van der Waals surface area contributed by atoms with Crippen molar-refractivity contribution in [3.63, 3.8) is 0 Å². The number of nitrogens with zero attached hydrogens (tertiary/aromatic N) is 2. The van der Waals surface area contributed by atoms with Gasteiger partial charge >= 0.3 is 5.97 Å². The highest BCUT2D eigenvalue weighted by molar-refractivity contribution is 5.75. The predicted molar refractivity (Wildman–Crippen MR) is 47.4 cm³/mol. The Kier molecular flexibility index (Phi) is 3.58. The normalized spacial score (nSPS) is 12.5. The molecule has 0 radical (unpaired) electrons. The Morgan fingerprint density at radius 2 is 2.36 bits per heavy atom. The van der Waals surface area contributed by atoms with Gasteiger partial charge in [-0.05, 0) is 13.8 Å². The maximum Gasteiger partial charge on any atom is 0.322 e. The molecule has 0 aromatic carbocycles. The van der Waals surface area contributed by atoms with Crippen LogP contribution in [0.4, 0.5) is 0 Å². The molecule has 0 bridgehead atoms. The Balaban J connectivity index is 2.41. The van der Waals surface area contributed by atoms with Crippen molar-refractivity contribution >= 4 is 5.97 Å². The fraction of sp³-hybridized carbons (Fsp3) is 0.625. The highest BCUT2D eigenvalue weighted by Crippen LogP contribution is 2.00. The number of esters is 1. The van der Waals surface area contributed by atoms with Crippen LogP contribution < -0.4 is 5.32 Å². The summed E-state index contributed by atoms with van der Waals surface area (Å²) in [6.07, 6.45) is 0. The van der Waals surface area contributed by atoms with E-state index in [4.69, 9.17) is 0 Å². The van der Waals surface area contributed by atoms with Crippen molar-refractivity contribution in [3.8, 4) is 0 Å². The number of methoxy groups -OCH3 is 1. The first-order chi connectivity index (χ1) is 6.65. The smallest absolute Gasteiger partial charge is 0.322 e. The molecule has 1 unspecified atom stereocenters. The number of aromatic nitrogens is 2. The maximum atomic E-state index is 11.0. The quantitative estimate of drug-likeness (QED) is 0.689. The maximum absolute atomic E-state index is 11.0. The van der Waals surface area contributed by atoms with E-state index in [1.807, 2.05) is 0 Å². The first-order valence-corrected chi connectivity index (χ1v) is 4.24. The predicted octanol–water partition coefficient (Wildman–Crippen LogP) is 0.0291. The largest absolute Gasteiger partial charge is 0.468 e. The summed E-state index contributed by atoms with van der Waals surface area (Å²) >= 11 is 0. The third-order valence-electron chi connectivity index (χ3n) is 1.88. The van der Waals surface area contributed by atoms with Gasteiger partial charge in [0.05, 0.1) is 7.11 Å². The standard InChI is InChI=1S/C8H13N3O3/c1-5-7(11-14-10-5)4-9-6(2)8(12)13-3/h6,9H,4H2,1-3H3. The summed E-state index contributed by atoms with van der Waals surface area (Å²) in [6, 6.07) is -0.365. The zero-order valence-electron chi connectivity index (χ0n) is 8.40. The van der Waals surface area contributed by atoms with Gasteiger partial charge in [0.15, 0.2) is 0 Å². The summed E-state index contributed by atoms with van der Waals surface area (Å²) in [7, 11) is 1.35. The summed E-state index contributed by atoms with van der Waals surface area (Å²) < 4.78 is 9.06. The van der Waals surface area contributed by atoms with E-state index < -0.39 is 0 Å². The van der Waals surface area contributed by atoms with Gasteiger partial charge in [-0.3, -0.25) is 10.1 Å². The molecule has 1 N–H and O–H groups in total. The molecule has 0 amide bonds. The Hall–Kier alpha value is -1.43. The van der Waals surface area contributed by atoms with Crippen molar-refractivity contribution in [2.75, 3.05) is 7.11 Å². The topological polar surface area (TPSA) is 77.2 Å². The third kappa shape index (κ3) is 2.53. The van der Waals surface area contributed by atoms with Crippen LogP contribution in [0.5, 0.6) is 0 Å². The summed E-state index contributed by atoms with van der Waals surface area (Å²) in [6.45, 7) is 3.94. The molecule has 1 atom stereocenters. The molecule has 78 valence electrons. The van der Waals surface area contributed by atoms with Crippen molar-refractivity contribution < 1.29 is 14.2 Å². The second-order valence-corrected chi connectivity index (χ2v) is 2.92.